The molecule has 3 aromatic carbocycles. The molecule has 8 N–H and O–H groups in total. The average molecular weight is 1090 g/mol. The molecule has 0 saturated carbocycles. The number of aromatic nitrogens is 7. The van der Waals surface area contributed by atoms with Crippen LogP contribution in [0.25, 0.3) is 0 Å². The van der Waals surface area contributed by atoms with Gasteiger partial charge in [-0.3, -0.25) is 42.7 Å². The second-order valence-electron chi connectivity index (χ2n) is 17.3. The number of fused-ring (bicyclic) bond motifs is 2. The van der Waals surface area contributed by atoms with Gasteiger partial charge >= 0.3 is 0 Å². The van der Waals surface area contributed by atoms with Crippen LogP contribution in [0.4, 0.5) is 30.5 Å². The van der Waals surface area contributed by atoms with Crippen molar-refractivity contribution in [3.8, 4) is 0 Å². The highest BCUT2D eigenvalue weighted by atomic mass is 35.5. The van der Waals surface area contributed by atoms with Gasteiger partial charge in [-0.1, -0.05) is 59.6 Å². The number of benzene rings is 3. The molecule has 2 unspecified atom stereocenters. The third-order valence-electron chi connectivity index (χ3n) is 11.2. The Hall–Kier alpha value is -9.28. The van der Waals surface area contributed by atoms with Gasteiger partial charge in [-0.2, -0.15) is 0 Å². The minimum atomic E-state index is -0.968. The van der Waals surface area contributed by atoms with Crippen molar-refractivity contribution in [2.24, 2.45) is 5.73 Å². The van der Waals surface area contributed by atoms with Gasteiger partial charge in [0, 0.05) is 31.7 Å². The number of hydrogen-bond donors (Lipinski definition) is 6. The fraction of sp³-hybridized carbons (Fsp3) is 0.151. The topological polar surface area (TPSA) is 285 Å². The molecule has 8 aromatic rings. The van der Waals surface area contributed by atoms with Gasteiger partial charge in [0.05, 0.1) is 0 Å². The summed E-state index contributed by atoms with van der Waals surface area (Å²) in [5, 5.41) is 8.71. The number of carbonyl (C=O) groups is 4. The number of pyridine rings is 3. The molecule has 5 aromatic heterocycles. The molecule has 3 amide bonds. The lowest BCUT2D eigenvalue weighted by molar-refractivity contribution is -0.116. The Morgan fingerprint density at radius 1 is 0.610 bits per heavy atom. The van der Waals surface area contributed by atoms with Crippen molar-refractivity contribution in [2.75, 3.05) is 11.1 Å². The summed E-state index contributed by atoms with van der Waals surface area (Å²) >= 11 is 11.3. The normalized spacial score (nSPS) is 15.4. The first-order valence-electron chi connectivity index (χ1n) is 22.9. The lowest BCUT2D eigenvalue weighted by Crippen LogP contribution is -2.46. The number of nitrogen functional groups attached to an aromatic ring is 1. The minimum Gasteiger partial charge on any atom is -0.384 e. The van der Waals surface area contributed by atoms with Gasteiger partial charge in [-0.15, -0.1) is 0 Å². The highest BCUT2D eigenvalue weighted by Gasteiger charge is 2.41. The highest BCUT2D eigenvalue weighted by molar-refractivity contribution is 6.30. The van der Waals surface area contributed by atoms with E-state index in [1.165, 1.54) is 89.4 Å². The molecule has 19 nitrogen and oxygen atoms in total. The first kappa shape index (κ1) is 57.0. The molecule has 396 valence electrons. The van der Waals surface area contributed by atoms with Crippen LogP contribution in [0, 0.1) is 17.5 Å². The number of nitrogens with two attached hydrogens (primary N) is 2. The fourth-order valence-electron chi connectivity index (χ4n) is 7.75. The van der Waals surface area contributed by atoms with Crippen molar-refractivity contribution >= 4 is 64.0 Å². The van der Waals surface area contributed by atoms with Gasteiger partial charge in [0.1, 0.15) is 91.7 Å². The van der Waals surface area contributed by atoms with Crippen LogP contribution in [0.15, 0.2) is 161 Å². The van der Waals surface area contributed by atoms with Gasteiger partial charge in [-0.25, -0.2) is 33.1 Å². The SMILES string of the molecule is CC(=O)Cc1ccc(F)cc1.CC1(Cc2ccc(F)cc2)NC(=O)c2ccc(Cl)c(=O)n21.CC1(Cc2ccc(F)cc2)NC(=O)c2ccc(Nc3ccncn3)c(=O)n21.NC(=O)c1ccc(Cl)c(=O)[nH]1.Nc1ccncn1. The largest absolute Gasteiger partial charge is 0.384 e. The number of aromatic amines is 1. The Labute approximate surface area is 446 Å². The van der Waals surface area contributed by atoms with Crippen molar-refractivity contribution in [3.05, 3.63) is 239 Å². The molecule has 2 aliphatic rings. The predicted molar refractivity (Wildman–Crippen MR) is 282 cm³/mol. The molecule has 0 aliphatic carbocycles. The minimum absolute atomic E-state index is 0.0370. The van der Waals surface area contributed by atoms with E-state index in [0.717, 1.165) is 16.7 Å². The molecule has 24 heteroatoms. The molecule has 7 heterocycles. The van der Waals surface area contributed by atoms with Gasteiger partial charge in [0.2, 0.25) is 0 Å². The molecule has 2 atom stereocenters. The Morgan fingerprint density at radius 2 is 1.08 bits per heavy atom. The fourth-order valence-corrected chi connectivity index (χ4v) is 8.01. The summed E-state index contributed by atoms with van der Waals surface area (Å²) in [6.07, 6.45) is 7.02. The quantitative estimate of drug-likeness (QED) is 0.0887. The maximum atomic E-state index is 13.2. The molecule has 77 heavy (non-hydrogen) atoms. The third kappa shape index (κ3) is 15.2. The average Bonchev–Trinajstić information content (AvgIpc) is 3.84. The van der Waals surface area contributed by atoms with Crippen LogP contribution < -0.4 is 44.1 Å². The summed E-state index contributed by atoms with van der Waals surface area (Å²) in [4.78, 5) is 98.9. The molecule has 0 spiro atoms. The number of nitrogens with zero attached hydrogens (tertiary/aromatic N) is 6. The number of anilines is 3. The number of hydrogen-bond acceptors (Lipinski definition) is 13. The Bertz CT molecular complexity index is 3600. The van der Waals surface area contributed by atoms with Gasteiger partial charge in [0.25, 0.3) is 34.4 Å². The second-order valence-corrected chi connectivity index (χ2v) is 18.1. The van der Waals surface area contributed by atoms with Crippen LogP contribution in [-0.2, 0) is 35.4 Å². The summed E-state index contributed by atoms with van der Waals surface area (Å²) in [5.74, 6) is -1.20. The maximum absolute atomic E-state index is 13.2. The Balaban J connectivity index is 0.000000169. The summed E-state index contributed by atoms with van der Waals surface area (Å²) in [6, 6.07) is 29.9. The predicted octanol–water partition coefficient (Wildman–Crippen LogP) is 6.62. The van der Waals surface area contributed by atoms with Gasteiger partial charge < -0.3 is 32.4 Å². The number of halogens is 5. The monoisotopic (exact) mass is 1090 g/mol. The molecule has 2 aliphatic heterocycles. The highest BCUT2D eigenvalue weighted by Crippen LogP contribution is 2.28. The lowest BCUT2D eigenvalue weighted by Gasteiger charge is -2.27. The van der Waals surface area contributed by atoms with Crippen molar-refractivity contribution in [2.45, 2.75) is 51.4 Å². The van der Waals surface area contributed by atoms with Crippen LogP contribution in [0.3, 0.4) is 0 Å². The first-order chi connectivity index (χ1) is 36.5. The van der Waals surface area contributed by atoms with Gasteiger partial charge in [0.15, 0.2) is 0 Å². The smallest absolute Gasteiger partial charge is 0.276 e. The zero-order valence-corrected chi connectivity index (χ0v) is 42.6. The maximum Gasteiger partial charge on any atom is 0.276 e. The third-order valence-corrected chi connectivity index (χ3v) is 11.8. The van der Waals surface area contributed by atoms with E-state index in [0.29, 0.717) is 36.6 Å². The van der Waals surface area contributed by atoms with Crippen molar-refractivity contribution < 1.29 is 32.3 Å². The number of Topliss-reactive ketones (excluding diaryl/α,β-unsaturated/α-hetero) is 1. The molecule has 0 bridgehead atoms. The zero-order chi connectivity index (χ0) is 56.0. The number of rotatable bonds is 9. The van der Waals surface area contributed by atoms with Crippen LogP contribution in [-0.4, -0.2) is 57.6 Å². The van der Waals surface area contributed by atoms with E-state index in [4.69, 9.17) is 34.7 Å². The Morgan fingerprint density at radius 3 is 1.51 bits per heavy atom. The summed E-state index contributed by atoms with van der Waals surface area (Å²) < 4.78 is 41.3. The number of nitrogens with one attached hydrogen (secondary N) is 4. The molecule has 0 saturated heterocycles. The van der Waals surface area contributed by atoms with Crippen molar-refractivity contribution in [1.29, 1.82) is 0 Å². The molecular weight excluding hydrogens is 1040 g/mol. The molecule has 0 fully saturated rings. The lowest BCUT2D eigenvalue weighted by atomic mass is 10.0. The van der Waals surface area contributed by atoms with E-state index in [-0.39, 0.29) is 67.7 Å². The summed E-state index contributed by atoms with van der Waals surface area (Å²) in [5.41, 5.74) is 10.3. The summed E-state index contributed by atoms with van der Waals surface area (Å²) in [6.45, 7) is 5.02. The van der Waals surface area contributed by atoms with Crippen LogP contribution in [0.1, 0.15) is 68.9 Å². The zero-order valence-electron chi connectivity index (χ0n) is 41.1. The van der Waals surface area contributed by atoms with E-state index in [1.54, 1.807) is 86.9 Å². The van der Waals surface area contributed by atoms with Gasteiger partial charge in [-0.05, 0) is 122 Å². The number of primary amides is 1. The van der Waals surface area contributed by atoms with E-state index >= 15 is 0 Å². The molecule has 0 radical (unpaired) electrons. The van der Waals surface area contributed by atoms with Crippen molar-refractivity contribution in [3.63, 3.8) is 0 Å². The standard InChI is InChI=1S/C19H16FN5O2.C15H12ClFN2O2.C9H9FO.C6H5ClN2O2.C4H5N3/c1-19(10-12-2-4-13(20)5-3-12)24-17(26)15-7-6-14(18(27)25(15)19)23-16-8-9-21-11-22-16;1-15(8-9-2-4-10(17)5-3-9)18-13(20)12-7-6-11(16)14(21)19(12)15;1-7(11)6-8-2-4-9(10)5-3-8;7-3-1-2-4(5(8)10)9-6(3)11;5-4-1-2-6-3-7-4/h2-9,11H,10H2,1H3,(H,24,26)(H,21,22,23);2-7H,8H2,1H3,(H,18,20);2-5H,6H2,1H3;1-2H,(H2,8,10)(H,9,11);1-3H,(H2,5,6,7). The van der Waals surface area contributed by atoms with Crippen molar-refractivity contribution in [1.82, 2.24) is 44.7 Å². The van der Waals surface area contributed by atoms with E-state index in [1.807, 2.05) is 0 Å². The number of carbonyl (C=O) groups excluding carboxylic acids is 4. The number of H-pyrrole nitrogens is 1. The Kier molecular flexibility index (Phi) is 18.7. The number of amides is 3. The summed E-state index contributed by atoms with van der Waals surface area (Å²) in [7, 11) is 0. The second kappa shape index (κ2) is 25.3. The van der Waals surface area contributed by atoms with Crippen LogP contribution >= 0.6 is 23.2 Å². The van der Waals surface area contributed by atoms with Crippen LogP contribution in [0.5, 0.6) is 0 Å². The van der Waals surface area contributed by atoms with E-state index in [9.17, 15) is 46.7 Å². The molecular formula is C53H47Cl2F3N12O7. The van der Waals surface area contributed by atoms with E-state index in [2.05, 4.69) is 40.9 Å². The molecule has 10 rings (SSSR count). The number of ketones is 1. The van der Waals surface area contributed by atoms with E-state index < -0.39 is 28.4 Å². The van der Waals surface area contributed by atoms with Crippen LogP contribution in [0.2, 0.25) is 10.0 Å². The first-order valence-corrected chi connectivity index (χ1v) is 23.6.